The van der Waals surface area contributed by atoms with Crippen molar-refractivity contribution in [3.8, 4) is 0 Å². The molecule has 0 amide bonds. The number of rotatable bonds is 2. The predicted octanol–water partition coefficient (Wildman–Crippen LogP) is 3.91. The number of hydrogen-bond acceptors (Lipinski definition) is 1. The smallest absolute Gasteiger partial charge is 0.416 e. The van der Waals surface area contributed by atoms with Gasteiger partial charge in [-0.25, -0.2) is 0 Å². The second-order valence-corrected chi connectivity index (χ2v) is 3.90. The molecule has 0 aliphatic rings. The van der Waals surface area contributed by atoms with Crippen molar-refractivity contribution in [2.75, 3.05) is 0 Å². The van der Waals surface area contributed by atoms with Gasteiger partial charge >= 0.3 is 18.3 Å². The molecule has 19 heavy (non-hydrogen) atoms. The van der Waals surface area contributed by atoms with E-state index >= 15 is 0 Å². The molecule has 1 atom stereocenters. The van der Waals surface area contributed by atoms with E-state index in [4.69, 9.17) is 5.11 Å². The summed E-state index contributed by atoms with van der Waals surface area (Å²) in [6.45, 7) is 1.01. The standard InChI is InChI=1S/C11H8F6O2/c1-5(9(18)19)6-2-7(10(12,13)14)4-8(3-6)11(15,16)17/h2-5H,1H3,(H,18,19). The third-order valence-corrected chi connectivity index (χ3v) is 2.48. The normalized spacial score (nSPS) is 14.3. The zero-order valence-corrected chi connectivity index (χ0v) is 9.43. The van der Waals surface area contributed by atoms with Crippen LogP contribution >= 0.6 is 0 Å². The number of aliphatic carboxylic acids is 1. The molecule has 0 aliphatic heterocycles. The van der Waals surface area contributed by atoms with Crippen LogP contribution < -0.4 is 0 Å². The molecular formula is C11H8F6O2. The quantitative estimate of drug-likeness (QED) is 0.837. The number of alkyl halides is 6. The van der Waals surface area contributed by atoms with Crippen LogP contribution in [0.2, 0.25) is 0 Å². The Bertz CT molecular complexity index is 457. The van der Waals surface area contributed by atoms with E-state index in [2.05, 4.69) is 0 Å². The number of carbonyl (C=O) groups is 1. The molecule has 0 spiro atoms. The van der Waals surface area contributed by atoms with E-state index in [9.17, 15) is 31.1 Å². The van der Waals surface area contributed by atoms with Crippen molar-refractivity contribution in [3.05, 3.63) is 34.9 Å². The van der Waals surface area contributed by atoms with E-state index in [1.54, 1.807) is 0 Å². The van der Waals surface area contributed by atoms with Gasteiger partial charge in [-0.1, -0.05) is 0 Å². The number of carboxylic acid groups (broad SMARTS) is 1. The minimum atomic E-state index is -4.98. The number of benzene rings is 1. The Hall–Kier alpha value is -1.73. The van der Waals surface area contributed by atoms with Crippen molar-refractivity contribution in [3.63, 3.8) is 0 Å². The minimum Gasteiger partial charge on any atom is -0.481 e. The molecule has 0 saturated heterocycles. The van der Waals surface area contributed by atoms with E-state index in [0.29, 0.717) is 12.1 Å². The molecule has 2 nitrogen and oxygen atoms in total. The molecule has 1 N–H and O–H groups in total. The highest BCUT2D eigenvalue weighted by atomic mass is 19.4. The first kappa shape index (κ1) is 15.3. The van der Waals surface area contributed by atoms with Crippen LogP contribution in [0.1, 0.15) is 29.5 Å². The Kier molecular flexibility index (Phi) is 3.83. The maximum atomic E-state index is 12.5. The first-order valence-corrected chi connectivity index (χ1v) is 4.95. The van der Waals surface area contributed by atoms with Gasteiger partial charge in [0.2, 0.25) is 0 Å². The number of hydrogen-bond donors (Lipinski definition) is 1. The zero-order valence-electron chi connectivity index (χ0n) is 9.43. The number of carboxylic acids is 1. The van der Waals surface area contributed by atoms with Crippen LogP contribution in [0.15, 0.2) is 18.2 Å². The van der Waals surface area contributed by atoms with Crippen LogP contribution in [-0.2, 0) is 17.1 Å². The van der Waals surface area contributed by atoms with Crippen LogP contribution in [0.3, 0.4) is 0 Å². The Morgan fingerprint density at radius 3 is 1.63 bits per heavy atom. The van der Waals surface area contributed by atoms with Gasteiger partial charge in [0, 0.05) is 0 Å². The van der Waals surface area contributed by atoms with Crippen molar-refractivity contribution in [2.45, 2.75) is 25.2 Å². The minimum absolute atomic E-state index is 0.0436. The molecule has 1 rings (SSSR count). The first-order valence-electron chi connectivity index (χ1n) is 4.95. The van der Waals surface area contributed by atoms with E-state index in [1.165, 1.54) is 0 Å². The lowest BCUT2D eigenvalue weighted by molar-refractivity contribution is -0.144. The molecule has 8 heteroatoms. The van der Waals surface area contributed by atoms with Gasteiger partial charge in [0.25, 0.3) is 0 Å². The Labute approximate surface area is 103 Å². The van der Waals surface area contributed by atoms with Gasteiger partial charge in [-0.05, 0) is 30.7 Å². The monoisotopic (exact) mass is 286 g/mol. The van der Waals surface area contributed by atoms with Crippen molar-refractivity contribution in [2.24, 2.45) is 0 Å². The van der Waals surface area contributed by atoms with Gasteiger partial charge < -0.3 is 5.11 Å². The van der Waals surface area contributed by atoms with E-state index in [-0.39, 0.29) is 6.07 Å². The van der Waals surface area contributed by atoms with Crippen LogP contribution in [0.25, 0.3) is 0 Å². The SMILES string of the molecule is CC(C(=O)O)c1cc(C(F)(F)F)cc(C(F)(F)F)c1. The Morgan fingerprint density at radius 1 is 1.00 bits per heavy atom. The lowest BCUT2D eigenvalue weighted by atomic mass is 9.96. The summed E-state index contributed by atoms with van der Waals surface area (Å²) >= 11 is 0. The number of halogens is 6. The maximum Gasteiger partial charge on any atom is 0.416 e. The summed E-state index contributed by atoms with van der Waals surface area (Å²) in [4.78, 5) is 10.7. The lowest BCUT2D eigenvalue weighted by Gasteiger charge is -2.15. The second-order valence-electron chi connectivity index (χ2n) is 3.90. The summed E-state index contributed by atoms with van der Waals surface area (Å²) < 4.78 is 74.9. The van der Waals surface area contributed by atoms with E-state index in [1.807, 2.05) is 0 Å². The third-order valence-electron chi connectivity index (χ3n) is 2.48. The highest BCUT2D eigenvalue weighted by molar-refractivity contribution is 5.75. The van der Waals surface area contributed by atoms with E-state index in [0.717, 1.165) is 6.92 Å². The van der Waals surface area contributed by atoms with Gasteiger partial charge in [0.1, 0.15) is 0 Å². The van der Waals surface area contributed by atoms with Crippen molar-refractivity contribution >= 4 is 5.97 Å². The largest absolute Gasteiger partial charge is 0.481 e. The summed E-state index contributed by atoms with van der Waals surface area (Å²) in [5, 5.41) is 8.66. The molecule has 1 unspecified atom stereocenters. The van der Waals surface area contributed by atoms with Gasteiger partial charge in [0.15, 0.2) is 0 Å². The van der Waals surface area contributed by atoms with Crippen molar-refractivity contribution in [1.29, 1.82) is 0 Å². The molecule has 0 aliphatic carbocycles. The summed E-state index contributed by atoms with van der Waals surface area (Å²) in [5.74, 6) is -2.98. The summed E-state index contributed by atoms with van der Waals surface area (Å²) in [6, 6.07) is 0.778. The summed E-state index contributed by atoms with van der Waals surface area (Å²) in [5.41, 5.74) is -3.59. The van der Waals surface area contributed by atoms with Crippen LogP contribution in [0, 0.1) is 0 Å². The molecule has 0 heterocycles. The molecule has 0 aromatic heterocycles. The fourth-order valence-electron chi connectivity index (χ4n) is 1.37. The fourth-order valence-corrected chi connectivity index (χ4v) is 1.37. The zero-order chi connectivity index (χ0) is 15.0. The van der Waals surface area contributed by atoms with Gasteiger partial charge in [0.05, 0.1) is 17.0 Å². The molecule has 0 radical (unpaired) electrons. The highest BCUT2D eigenvalue weighted by Crippen LogP contribution is 2.37. The molecular weight excluding hydrogens is 278 g/mol. The van der Waals surface area contributed by atoms with Crippen LogP contribution in [-0.4, -0.2) is 11.1 Å². The average molecular weight is 286 g/mol. The van der Waals surface area contributed by atoms with Gasteiger partial charge in [-0.2, -0.15) is 26.3 Å². The molecule has 0 bridgehead atoms. The van der Waals surface area contributed by atoms with Gasteiger partial charge in [-0.15, -0.1) is 0 Å². The molecule has 1 aromatic carbocycles. The third kappa shape index (κ3) is 3.62. The second kappa shape index (κ2) is 4.75. The maximum absolute atomic E-state index is 12.5. The van der Waals surface area contributed by atoms with Crippen LogP contribution in [0.4, 0.5) is 26.3 Å². The summed E-state index contributed by atoms with van der Waals surface area (Å²) in [7, 11) is 0. The predicted molar refractivity (Wildman–Crippen MR) is 52.5 cm³/mol. The lowest BCUT2D eigenvalue weighted by Crippen LogP contribution is -2.15. The first-order chi connectivity index (χ1) is 8.43. The topological polar surface area (TPSA) is 37.3 Å². The van der Waals surface area contributed by atoms with Gasteiger partial charge in [-0.3, -0.25) is 4.79 Å². The molecule has 106 valence electrons. The Morgan fingerprint density at radius 2 is 1.37 bits per heavy atom. The molecule has 0 fully saturated rings. The van der Waals surface area contributed by atoms with Crippen LogP contribution in [0.5, 0.6) is 0 Å². The average Bonchev–Trinajstić information content (AvgIpc) is 2.24. The van der Waals surface area contributed by atoms with Crippen molar-refractivity contribution in [1.82, 2.24) is 0 Å². The molecule has 0 saturated carbocycles. The Balaban J connectivity index is 3.45. The fraction of sp³-hybridized carbons (Fsp3) is 0.364. The summed E-state index contributed by atoms with van der Waals surface area (Å²) in [6.07, 6.45) is -9.96. The van der Waals surface area contributed by atoms with Crippen molar-refractivity contribution < 1.29 is 36.2 Å². The highest BCUT2D eigenvalue weighted by Gasteiger charge is 2.37. The molecule has 1 aromatic rings. The van der Waals surface area contributed by atoms with E-state index < -0.39 is 40.9 Å².